The summed E-state index contributed by atoms with van der Waals surface area (Å²) in [5, 5.41) is 3.43. The van der Waals surface area contributed by atoms with Gasteiger partial charge >= 0.3 is 5.97 Å². The van der Waals surface area contributed by atoms with E-state index < -0.39 is 0 Å². The minimum atomic E-state index is -0.110. The van der Waals surface area contributed by atoms with Crippen molar-refractivity contribution >= 4 is 5.97 Å². The molecule has 0 aromatic rings. The van der Waals surface area contributed by atoms with Gasteiger partial charge in [-0.3, -0.25) is 4.79 Å². The van der Waals surface area contributed by atoms with Gasteiger partial charge in [0.25, 0.3) is 0 Å². The molecule has 5 heteroatoms. The number of carbonyl (C=O) groups is 1. The van der Waals surface area contributed by atoms with Crippen LogP contribution in [0.3, 0.4) is 0 Å². The Kier molecular flexibility index (Phi) is 5.63. The molecule has 136 valence electrons. The topological polar surface area (TPSA) is 76.9 Å². The van der Waals surface area contributed by atoms with Crippen molar-refractivity contribution in [1.29, 1.82) is 0 Å². The fourth-order valence-corrected chi connectivity index (χ4v) is 4.22. The maximum Gasteiger partial charge on any atom is 0.311 e. The smallest absolute Gasteiger partial charge is 0.311 e. The van der Waals surface area contributed by atoms with Crippen LogP contribution >= 0.6 is 0 Å². The Morgan fingerprint density at radius 1 is 1.42 bits per heavy atom. The second kappa shape index (κ2) is 7.54. The number of unbranched alkanes of at least 4 members (excludes halogenated alkanes) is 1. The highest BCUT2D eigenvalue weighted by Crippen LogP contribution is 2.50. The average molecular weight is 336 g/mol. The Bertz CT molecular complexity index is 493. The van der Waals surface area contributed by atoms with Crippen molar-refractivity contribution in [1.82, 2.24) is 5.32 Å². The molecule has 2 saturated heterocycles. The molecular formula is C19H32N2O3. The Morgan fingerprint density at radius 3 is 3.04 bits per heavy atom. The van der Waals surface area contributed by atoms with E-state index >= 15 is 0 Å². The molecule has 2 aliphatic heterocycles. The molecular weight excluding hydrogens is 304 g/mol. The quantitative estimate of drug-likeness (QED) is 0.336. The van der Waals surface area contributed by atoms with E-state index in [0.29, 0.717) is 6.54 Å². The van der Waals surface area contributed by atoms with Gasteiger partial charge in [-0.25, -0.2) is 0 Å². The Morgan fingerprint density at radius 2 is 2.25 bits per heavy atom. The van der Waals surface area contributed by atoms with Crippen LogP contribution in [0.5, 0.6) is 0 Å². The number of carbonyl (C=O) groups excluding carboxylic acids is 1. The first kappa shape index (κ1) is 17.9. The summed E-state index contributed by atoms with van der Waals surface area (Å²) in [5.74, 6) is 0.163. The van der Waals surface area contributed by atoms with Crippen LogP contribution in [0.1, 0.15) is 52.4 Å². The maximum atomic E-state index is 12.5. The highest BCUT2D eigenvalue weighted by Gasteiger charge is 2.62. The molecule has 24 heavy (non-hydrogen) atoms. The number of rotatable bonds is 6. The molecule has 1 aliphatic carbocycles. The van der Waals surface area contributed by atoms with Gasteiger partial charge in [-0.1, -0.05) is 11.6 Å². The second-order valence-electron chi connectivity index (χ2n) is 7.85. The Labute approximate surface area is 145 Å². The zero-order valence-corrected chi connectivity index (χ0v) is 15.1. The molecule has 2 heterocycles. The maximum absolute atomic E-state index is 12.5. The van der Waals surface area contributed by atoms with E-state index in [9.17, 15) is 4.79 Å². The molecule has 5 nitrogen and oxygen atoms in total. The van der Waals surface area contributed by atoms with Crippen molar-refractivity contribution in [2.45, 2.75) is 70.2 Å². The van der Waals surface area contributed by atoms with Crippen LogP contribution < -0.4 is 11.1 Å². The van der Waals surface area contributed by atoms with Gasteiger partial charge in [0.2, 0.25) is 0 Å². The van der Waals surface area contributed by atoms with E-state index in [1.54, 1.807) is 0 Å². The summed E-state index contributed by atoms with van der Waals surface area (Å²) in [7, 11) is 0. The van der Waals surface area contributed by atoms with Crippen LogP contribution in [0.2, 0.25) is 0 Å². The third kappa shape index (κ3) is 3.84. The number of esters is 1. The molecule has 0 bridgehead atoms. The van der Waals surface area contributed by atoms with Gasteiger partial charge in [-0.2, -0.15) is 0 Å². The number of hydrogen-bond donors (Lipinski definition) is 2. The number of ether oxygens (including phenoxy) is 2. The zero-order chi connectivity index (χ0) is 17.2. The number of fused-ring (bicyclic) bond motifs is 3. The van der Waals surface area contributed by atoms with Crippen molar-refractivity contribution in [2.75, 3.05) is 19.6 Å². The molecule has 3 rings (SSSR count). The molecule has 5 atom stereocenters. The van der Waals surface area contributed by atoms with E-state index in [1.165, 1.54) is 5.57 Å². The molecule has 0 amide bonds. The van der Waals surface area contributed by atoms with Crippen molar-refractivity contribution in [2.24, 2.45) is 17.6 Å². The van der Waals surface area contributed by atoms with E-state index in [1.807, 2.05) is 0 Å². The SMILES string of the molecule is C/C1=C\CC[C@@]2(C)O[C@H]2[C@H]2OC(=O)[C@@H](CNCCCCN)[C@@H]2CC1. The average Bonchev–Trinajstić information content (AvgIpc) is 3.11. The van der Waals surface area contributed by atoms with Gasteiger partial charge in [-0.15, -0.1) is 0 Å². The van der Waals surface area contributed by atoms with Crippen molar-refractivity contribution in [3.05, 3.63) is 11.6 Å². The minimum absolute atomic E-state index is 0.0462. The van der Waals surface area contributed by atoms with Crippen LogP contribution in [0, 0.1) is 11.8 Å². The largest absolute Gasteiger partial charge is 0.459 e. The van der Waals surface area contributed by atoms with Gasteiger partial charge < -0.3 is 20.5 Å². The van der Waals surface area contributed by atoms with Crippen LogP contribution in [0.4, 0.5) is 0 Å². The fraction of sp³-hybridized carbons (Fsp3) is 0.842. The van der Waals surface area contributed by atoms with Crippen LogP contribution in [-0.2, 0) is 14.3 Å². The number of nitrogens with one attached hydrogen (secondary N) is 1. The number of epoxide rings is 1. The number of hydrogen-bond acceptors (Lipinski definition) is 5. The van der Waals surface area contributed by atoms with Crippen LogP contribution in [0.25, 0.3) is 0 Å². The normalized spacial score (nSPS) is 41.0. The summed E-state index contributed by atoms with van der Waals surface area (Å²) in [6, 6.07) is 0. The summed E-state index contributed by atoms with van der Waals surface area (Å²) in [6.07, 6.45) is 8.54. The summed E-state index contributed by atoms with van der Waals surface area (Å²) in [4.78, 5) is 12.5. The van der Waals surface area contributed by atoms with Gasteiger partial charge in [-0.05, 0) is 65.5 Å². The van der Waals surface area contributed by atoms with Crippen molar-refractivity contribution < 1.29 is 14.3 Å². The summed E-state index contributed by atoms with van der Waals surface area (Å²) in [6.45, 7) is 6.69. The van der Waals surface area contributed by atoms with Gasteiger partial charge in [0.1, 0.15) is 12.2 Å². The molecule has 0 unspecified atom stereocenters. The molecule has 0 radical (unpaired) electrons. The number of allylic oxidation sites excluding steroid dienone is 2. The third-order valence-corrected chi connectivity index (χ3v) is 5.91. The van der Waals surface area contributed by atoms with E-state index in [2.05, 4.69) is 25.2 Å². The predicted molar refractivity (Wildman–Crippen MR) is 93.5 cm³/mol. The lowest BCUT2D eigenvalue weighted by molar-refractivity contribution is -0.144. The zero-order valence-electron chi connectivity index (χ0n) is 15.1. The first-order valence-corrected chi connectivity index (χ1v) is 9.50. The van der Waals surface area contributed by atoms with Gasteiger partial charge in [0.15, 0.2) is 0 Å². The molecule has 0 aromatic heterocycles. The monoisotopic (exact) mass is 336 g/mol. The Balaban J connectivity index is 1.65. The van der Waals surface area contributed by atoms with Crippen LogP contribution in [-0.4, -0.2) is 43.4 Å². The first-order valence-electron chi connectivity index (χ1n) is 9.50. The summed E-state index contributed by atoms with van der Waals surface area (Å²) in [5.41, 5.74) is 6.84. The molecule has 0 spiro atoms. The highest BCUT2D eigenvalue weighted by molar-refractivity contribution is 5.75. The lowest BCUT2D eigenvalue weighted by Crippen LogP contribution is -2.34. The molecule has 3 N–H and O–H groups in total. The van der Waals surface area contributed by atoms with Gasteiger partial charge in [0.05, 0.1) is 11.5 Å². The van der Waals surface area contributed by atoms with E-state index in [-0.39, 0.29) is 35.6 Å². The third-order valence-electron chi connectivity index (χ3n) is 5.91. The van der Waals surface area contributed by atoms with Crippen molar-refractivity contribution in [3.8, 4) is 0 Å². The van der Waals surface area contributed by atoms with Gasteiger partial charge in [0, 0.05) is 12.5 Å². The standard InChI is InChI=1S/C19H32N2O3/c1-13-6-5-9-19(2)17(24-19)16-14(8-7-13)15(18(22)23-16)12-21-11-4-3-10-20/h6,14-17,21H,3-5,7-12,20H2,1-2H3/b13-6+/t14-,15-,16-,17-,19+/m0/s1. The Hall–Kier alpha value is -0.910. The summed E-state index contributed by atoms with van der Waals surface area (Å²) >= 11 is 0. The first-order chi connectivity index (χ1) is 11.5. The minimum Gasteiger partial charge on any atom is -0.459 e. The molecule has 3 aliphatic rings. The lowest BCUT2D eigenvalue weighted by Gasteiger charge is -2.22. The highest BCUT2D eigenvalue weighted by atomic mass is 16.6. The van der Waals surface area contributed by atoms with E-state index in [4.69, 9.17) is 15.2 Å². The van der Waals surface area contributed by atoms with Crippen LogP contribution in [0.15, 0.2) is 11.6 Å². The summed E-state index contributed by atoms with van der Waals surface area (Å²) < 4.78 is 11.8. The van der Waals surface area contributed by atoms with E-state index in [0.717, 1.165) is 51.6 Å². The second-order valence-corrected chi connectivity index (χ2v) is 7.85. The molecule has 2 fully saturated rings. The van der Waals surface area contributed by atoms with Crippen molar-refractivity contribution in [3.63, 3.8) is 0 Å². The lowest BCUT2D eigenvalue weighted by atomic mass is 9.80. The molecule has 0 saturated carbocycles. The fourth-order valence-electron chi connectivity index (χ4n) is 4.22. The predicted octanol–water partition coefficient (Wildman–Crippen LogP) is 2.15. The number of nitrogens with two attached hydrogens (primary N) is 1. The molecule has 0 aromatic carbocycles.